The van der Waals surface area contributed by atoms with Crippen LogP contribution in [0.4, 0.5) is 0 Å². The first kappa shape index (κ1) is 10.6. The molecule has 84 valence electrons. The van der Waals surface area contributed by atoms with Gasteiger partial charge < -0.3 is 5.32 Å². The van der Waals surface area contributed by atoms with E-state index < -0.39 is 0 Å². The van der Waals surface area contributed by atoms with Crippen LogP contribution in [0.15, 0.2) is 0 Å². The van der Waals surface area contributed by atoms with E-state index in [9.17, 15) is 9.59 Å². The van der Waals surface area contributed by atoms with Crippen molar-refractivity contribution in [3.05, 3.63) is 0 Å². The van der Waals surface area contributed by atoms with E-state index in [1.807, 2.05) is 13.8 Å². The first-order valence-corrected chi connectivity index (χ1v) is 5.70. The smallest absolute Gasteiger partial charge is 0.232 e. The van der Waals surface area contributed by atoms with Crippen molar-refractivity contribution in [3.63, 3.8) is 0 Å². The van der Waals surface area contributed by atoms with E-state index in [4.69, 9.17) is 0 Å². The second-order valence-corrected chi connectivity index (χ2v) is 4.66. The summed E-state index contributed by atoms with van der Waals surface area (Å²) < 4.78 is 0. The van der Waals surface area contributed by atoms with E-state index >= 15 is 0 Å². The average Bonchev–Trinajstić information content (AvgIpc) is 2.79. The topological polar surface area (TPSA) is 49.4 Å². The highest BCUT2D eigenvalue weighted by atomic mass is 16.2. The van der Waals surface area contributed by atoms with Crippen LogP contribution >= 0.6 is 0 Å². The van der Waals surface area contributed by atoms with Gasteiger partial charge in [-0.05, 0) is 19.4 Å². The number of carbonyl (C=O) groups is 2. The van der Waals surface area contributed by atoms with Crippen LogP contribution in [0.25, 0.3) is 0 Å². The lowest BCUT2D eigenvalue weighted by Crippen LogP contribution is -2.41. The van der Waals surface area contributed by atoms with Gasteiger partial charge in [-0.15, -0.1) is 0 Å². The van der Waals surface area contributed by atoms with E-state index in [1.165, 1.54) is 4.90 Å². The van der Waals surface area contributed by atoms with Crippen LogP contribution in [0.5, 0.6) is 0 Å². The van der Waals surface area contributed by atoms with Gasteiger partial charge in [-0.2, -0.15) is 0 Å². The number of nitrogens with zero attached hydrogens (tertiary/aromatic N) is 1. The summed E-state index contributed by atoms with van der Waals surface area (Å²) in [5.74, 6) is -0.278. The van der Waals surface area contributed by atoms with Crippen molar-refractivity contribution in [1.82, 2.24) is 10.2 Å². The highest BCUT2D eigenvalue weighted by Gasteiger charge is 2.42. The van der Waals surface area contributed by atoms with Crippen molar-refractivity contribution in [2.45, 2.75) is 32.7 Å². The predicted molar refractivity (Wildman–Crippen MR) is 56.1 cm³/mol. The maximum absolute atomic E-state index is 11.8. The zero-order valence-electron chi connectivity index (χ0n) is 9.32. The third-order valence-electron chi connectivity index (χ3n) is 3.63. The average molecular weight is 210 g/mol. The van der Waals surface area contributed by atoms with Crippen LogP contribution in [-0.2, 0) is 9.59 Å². The third-order valence-corrected chi connectivity index (χ3v) is 3.63. The summed E-state index contributed by atoms with van der Waals surface area (Å²) in [5, 5.41) is 3.31. The van der Waals surface area contributed by atoms with Crippen LogP contribution in [0.3, 0.4) is 0 Å². The Balaban J connectivity index is 2.02. The number of carbonyl (C=O) groups excluding carboxylic acids is 2. The third kappa shape index (κ3) is 1.78. The van der Waals surface area contributed by atoms with Crippen LogP contribution in [0.1, 0.15) is 26.7 Å². The van der Waals surface area contributed by atoms with Gasteiger partial charge in [-0.1, -0.05) is 13.8 Å². The molecule has 0 aliphatic carbocycles. The normalized spacial score (nSPS) is 36.7. The Kier molecular flexibility index (Phi) is 2.78. The Labute approximate surface area is 90.0 Å². The first-order valence-electron chi connectivity index (χ1n) is 5.70. The van der Waals surface area contributed by atoms with Gasteiger partial charge in [-0.25, -0.2) is 0 Å². The van der Waals surface area contributed by atoms with Gasteiger partial charge in [0.1, 0.15) is 0 Å². The molecule has 0 aromatic heterocycles. The maximum atomic E-state index is 11.8. The second-order valence-electron chi connectivity index (χ2n) is 4.66. The molecular weight excluding hydrogens is 192 g/mol. The molecule has 0 aromatic rings. The van der Waals surface area contributed by atoms with E-state index in [1.54, 1.807) is 0 Å². The number of imide groups is 1. The summed E-state index contributed by atoms with van der Waals surface area (Å²) in [6, 6.07) is 0.315. The number of amides is 2. The molecule has 15 heavy (non-hydrogen) atoms. The number of rotatable bonds is 2. The van der Waals surface area contributed by atoms with Crippen LogP contribution in [0.2, 0.25) is 0 Å². The molecule has 2 saturated heterocycles. The van der Waals surface area contributed by atoms with Gasteiger partial charge in [0.05, 0.1) is 0 Å². The van der Waals surface area contributed by atoms with Crippen molar-refractivity contribution >= 4 is 11.8 Å². The highest BCUT2D eigenvalue weighted by Crippen LogP contribution is 2.26. The van der Waals surface area contributed by atoms with Gasteiger partial charge in [-0.3, -0.25) is 14.5 Å². The standard InChI is InChI=1S/C11H18N2O2/c1-7-8(2)11(15)13(10(7)14)6-9-4-3-5-12-9/h7-9,12H,3-6H2,1-2H3/t7?,8?,9-/m1/s1. The van der Waals surface area contributed by atoms with Crippen molar-refractivity contribution in [1.29, 1.82) is 0 Å². The van der Waals surface area contributed by atoms with Gasteiger partial charge >= 0.3 is 0 Å². The molecule has 2 aliphatic rings. The van der Waals surface area contributed by atoms with E-state index in [0.29, 0.717) is 12.6 Å². The minimum Gasteiger partial charge on any atom is -0.312 e. The van der Waals surface area contributed by atoms with E-state index in [0.717, 1.165) is 19.4 Å². The molecule has 2 unspecified atom stereocenters. The Morgan fingerprint density at radius 1 is 1.27 bits per heavy atom. The molecule has 2 heterocycles. The van der Waals surface area contributed by atoms with Crippen molar-refractivity contribution in [2.75, 3.05) is 13.1 Å². The van der Waals surface area contributed by atoms with Crippen LogP contribution in [0, 0.1) is 11.8 Å². The monoisotopic (exact) mass is 210 g/mol. The molecule has 0 bridgehead atoms. The lowest BCUT2D eigenvalue weighted by molar-refractivity contribution is -0.140. The van der Waals surface area contributed by atoms with E-state index in [2.05, 4.69) is 5.32 Å². The molecule has 4 heteroatoms. The molecule has 2 fully saturated rings. The number of hydrogen-bond acceptors (Lipinski definition) is 3. The van der Waals surface area contributed by atoms with Crippen LogP contribution < -0.4 is 5.32 Å². The fraction of sp³-hybridized carbons (Fsp3) is 0.818. The summed E-state index contributed by atoms with van der Waals surface area (Å²) >= 11 is 0. The van der Waals surface area contributed by atoms with Gasteiger partial charge in [0, 0.05) is 24.4 Å². The van der Waals surface area contributed by atoms with Gasteiger partial charge in [0.2, 0.25) is 11.8 Å². The first-order chi connectivity index (χ1) is 7.11. The van der Waals surface area contributed by atoms with Crippen molar-refractivity contribution in [2.24, 2.45) is 11.8 Å². The molecule has 0 spiro atoms. The molecule has 0 aromatic carbocycles. The molecule has 3 atom stereocenters. The predicted octanol–water partition coefficient (Wildman–Crippen LogP) is 0.379. The summed E-state index contributed by atoms with van der Waals surface area (Å²) in [7, 11) is 0. The zero-order chi connectivity index (χ0) is 11.0. The van der Waals surface area contributed by atoms with Crippen LogP contribution in [-0.4, -0.2) is 35.8 Å². The highest BCUT2D eigenvalue weighted by molar-refractivity contribution is 6.04. The fourth-order valence-electron chi connectivity index (χ4n) is 2.34. The number of likely N-dealkylation sites (tertiary alicyclic amines) is 1. The Morgan fingerprint density at radius 3 is 2.33 bits per heavy atom. The molecule has 2 rings (SSSR count). The van der Waals surface area contributed by atoms with Gasteiger partial charge in [0.15, 0.2) is 0 Å². The molecule has 4 nitrogen and oxygen atoms in total. The molecule has 0 radical (unpaired) electrons. The molecule has 1 N–H and O–H groups in total. The summed E-state index contributed by atoms with van der Waals surface area (Å²) in [4.78, 5) is 25.0. The number of nitrogens with one attached hydrogen (secondary N) is 1. The summed E-state index contributed by atoms with van der Waals surface area (Å²) in [6.45, 7) is 5.25. The summed E-state index contributed by atoms with van der Waals surface area (Å²) in [5.41, 5.74) is 0. The van der Waals surface area contributed by atoms with Crippen molar-refractivity contribution < 1.29 is 9.59 Å². The summed E-state index contributed by atoms with van der Waals surface area (Å²) in [6.07, 6.45) is 2.21. The second kappa shape index (κ2) is 3.93. The van der Waals surface area contributed by atoms with Crippen molar-refractivity contribution in [3.8, 4) is 0 Å². The molecule has 0 saturated carbocycles. The number of hydrogen-bond donors (Lipinski definition) is 1. The minimum absolute atomic E-state index is 0.00111. The maximum Gasteiger partial charge on any atom is 0.232 e. The fourth-order valence-corrected chi connectivity index (χ4v) is 2.34. The lowest BCUT2D eigenvalue weighted by Gasteiger charge is -2.19. The molecule has 2 amide bonds. The van der Waals surface area contributed by atoms with E-state index in [-0.39, 0.29) is 23.7 Å². The molecular formula is C11H18N2O2. The Bertz CT molecular complexity index is 264. The minimum atomic E-state index is -0.140. The zero-order valence-corrected chi connectivity index (χ0v) is 9.32. The Morgan fingerprint density at radius 2 is 1.87 bits per heavy atom. The SMILES string of the molecule is CC1C(=O)N(C[C@H]2CCCN2)C(=O)C1C. The lowest BCUT2D eigenvalue weighted by atomic mass is 10.00. The Hall–Kier alpha value is -0.900. The van der Waals surface area contributed by atoms with Gasteiger partial charge in [0.25, 0.3) is 0 Å². The largest absolute Gasteiger partial charge is 0.312 e. The molecule has 2 aliphatic heterocycles. The quantitative estimate of drug-likeness (QED) is 0.670.